The van der Waals surface area contributed by atoms with Crippen molar-refractivity contribution in [2.75, 3.05) is 39.3 Å². The van der Waals surface area contributed by atoms with Gasteiger partial charge in [-0.25, -0.2) is 0 Å². The maximum absolute atomic E-state index is 2.63. The number of aryl methyl sites for hydroxylation is 1. The highest BCUT2D eigenvalue weighted by atomic mass is 15.3. The maximum Gasteiger partial charge on any atom is 0.0110 e. The smallest absolute Gasteiger partial charge is 0.0110 e. The third-order valence-corrected chi connectivity index (χ3v) is 5.15. The normalized spacial score (nSPS) is 17.7. The molecule has 0 spiro atoms. The zero-order valence-electron chi connectivity index (χ0n) is 14.9. The average molecular weight is 322 g/mol. The molecule has 1 aliphatic heterocycles. The molecule has 0 bridgehead atoms. The van der Waals surface area contributed by atoms with Crippen LogP contribution in [0.3, 0.4) is 0 Å². The van der Waals surface area contributed by atoms with Crippen LogP contribution in [0.1, 0.15) is 30.4 Å². The number of rotatable bonds is 7. The molecule has 1 heterocycles. The Kier molecular flexibility index (Phi) is 6.45. The molecule has 2 heteroatoms. The topological polar surface area (TPSA) is 6.48 Å². The van der Waals surface area contributed by atoms with Crippen molar-refractivity contribution in [2.45, 2.75) is 25.7 Å². The first kappa shape index (κ1) is 17.2. The molecule has 1 atom stereocenters. The molecule has 128 valence electrons. The minimum absolute atomic E-state index is 0.621. The molecule has 0 aliphatic carbocycles. The van der Waals surface area contributed by atoms with Crippen LogP contribution in [0.2, 0.25) is 0 Å². The Morgan fingerprint density at radius 1 is 0.792 bits per heavy atom. The third kappa shape index (κ3) is 5.19. The Morgan fingerprint density at radius 3 is 2.04 bits per heavy atom. The Balaban J connectivity index is 1.35. The standard InChI is InChI=1S/C22H30N2/c1-20(22-12-6-3-7-13-22)19-24-17-15-23(16-18-24)14-8-11-21-9-4-2-5-10-21/h2-7,9-10,12-13,20H,8,11,14-19H2,1H3. The molecule has 3 rings (SSSR count). The highest BCUT2D eigenvalue weighted by Crippen LogP contribution is 2.17. The van der Waals surface area contributed by atoms with Crippen LogP contribution in [-0.2, 0) is 6.42 Å². The summed E-state index contributed by atoms with van der Waals surface area (Å²) >= 11 is 0. The van der Waals surface area contributed by atoms with Crippen LogP contribution in [-0.4, -0.2) is 49.1 Å². The number of hydrogen-bond acceptors (Lipinski definition) is 2. The second-order valence-electron chi connectivity index (χ2n) is 7.04. The average Bonchev–Trinajstić information content (AvgIpc) is 2.65. The number of benzene rings is 2. The first-order valence-corrected chi connectivity index (χ1v) is 9.35. The Hall–Kier alpha value is -1.64. The monoisotopic (exact) mass is 322 g/mol. The summed E-state index contributed by atoms with van der Waals surface area (Å²) in [5.41, 5.74) is 2.93. The van der Waals surface area contributed by atoms with Gasteiger partial charge in [-0.1, -0.05) is 67.6 Å². The van der Waals surface area contributed by atoms with Crippen molar-refractivity contribution in [3.05, 3.63) is 71.8 Å². The predicted octanol–water partition coefficient (Wildman–Crippen LogP) is 4.04. The van der Waals surface area contributed by atoms with E-state index in [2.05, 4.69) is 77.4 Å². The summed E-state index contributed by atoms with van der Waals surface area (Å²) in [4.78, 5) is 5.26. The second-order valence-corrected chi connectivity index (χ2v) is 7.04. The zero-order chi connectivity index (χ0) is 16.6. The van der Waals surface area contributed by atoms with Crippen molar-refractivity contribution < 1.29 is 0 Å². The molecular formula is C22H30N2. The predicted molar refractivity (Wildman–Crippen MR) is 103 cm³/mol. The fourth-order valence-corrected chi connectivity index (χ4v) is 3.62. The minimum atomic E-state index is 0.621. The molecule has 0 aromatic heterocycles. The first-order valence-electron chi connectivity index (χ1n) is 9.35. The highest BCUT2D eigenvalue weighted by molar-refractivity contribution is 5.19. The highest BCUT2D eigenvalue weighted by Gasteiger charge is 2.18. The van der Waals surface area contributed by atoms with Crippen LogP contribution in [0.15, 0.2) is 60.7 Å². The number of hydrogen-bond donors (Lipinski definition) is 0. The van der Waals surface area contributed by atoms with Crippen molar-refractivity contribution in [3.8, 4) is 0 Å². The molecule has 0 saturated carbocycles. The lowest BCUT2D eigenvalue weighted by Crippen LogP contribution is -2.47. The Labute approximate surface area is 147 Å². The zero-order valence-corrected chi connectivity index (χ0v) is 14.9. The SMILES string of the molecule is CC(CN1CCN(CCCc2ccccc2)CC1)c1ccccc1. The largest absolute Gasteiger partial charge is 0.301 e. The summed E-state index contributed by atoms with van der Waals surface area (Å²) in [7, 11) is 0. The van der Waals surface area contributed by atoms with Crippen LogP contribution in [0, 0.1) is 0 Å². The van der Waals surface area contributed by atoms with E-state index in [9.17, 15) is 0 Å². The van der Waals surface area contributed by atoms with Gasteiger partial charge in [-0.2, -0.15) is 0 Å². The van der Waals surface area contributed by atoms with Gasteiger partial charge < -0.3 is 9.80 Å². The molecule has 0 N–H and O–H groups in total. The molecule has 0 amide bonds. The summed E-state index contributed by atoms with van der Waals surface area (Å²) in [6.45, 7) is 9.62. The van der Waals surface area contributed by atoms with Gasteiger partial charge in [0, 0.05) is 32.7 Å². The van der Waals surface area contributed by atoms with Crippen molar-refractivity contribution in [3.63, 3.8) is 0 Å². The van der Waals surface area contributed by atoms with E-state index in [0.717, 1.165) is 0 Å². The maximum atomic E-state index is 2.63. The molecule has 24 heavy (non-hydrogen) atoms. The van der Waals surface area contributed by atoms with Gasteiger partial charge in [-0.3, -0.25) is 0 Å². The van der Waals surface area contributed by atoms with E-state index in [1.54, 1.807) is 0 Å². The summed E-state index contributed by atoms with van der Waals surface area (Å²) < 4.78 is 0. The van der Waals surface area contributed by atoms with E-state index in [0.29, 0.717) is 5.92 Å². The van der Waals surface area contributed by atoms with Gasteiger partial charge in [-0.05, 0) is 36.4 Å². The van der Waals surface area contributed by atoms with E-state index >= 15 is 0 Å². The Morgan fingerprint density at radius 2 is 1.38 bits per heavy atom. The molecule has 1 saturated heterocycles. The summed E-state index contributed by atoms with van der Waals surface area (Å²) in [5, 5.41) is 0. The van der Waals surface area contributed by atoms with Gasteiger partial charge in [-0.15, -0.1) is 0 Å². The third-order valence-electron chi connectivity index (χ3n) is 5.15. The summed E-state index contributed by atoms with van der Waals surface area (Å²) in [6, 6.07) is 21.8. The lowest BCUT2D eigenvalue weighted by molar-refractivity contribution is 0.127. The molecule has 2 aromatic carbocycles. The molecule has 1 aliphatic rings. The fourth-order valence-electron chi connectivity index (χ4n) is 3.62. The van der Waals surface area contributed by atoms with Gasteiger partial charge in [0.05, 0.1) is 0 Å². The molecule has 1 fully saturated rings. The summed E-state index contributed by atoms with van der Waals surface area (Å²) in [5.74, 6) is 0.621. The van der Waals surface area contributed by atoms with E-state index in [1.807, 2.05) is 0 Å². The molecular weight excluding hydrogens is 292 g/mol. The summed E-state index contributed by atoms with van der Waals surface area (Å²) in [6.07, 6.45) is 2.47. The van der Waals surface area contributed by atoms with E-state index < -0.39 is 0 Å². The van der Waals surface area contributed by atoms with Crippen LogP contribution in [0.5, 0.6) is 0 Å². The fraction of sp³-hybridized carbons (Fsp3) is 0.455. The van der Waals surface area contributed by atoms with Gasteiger partial charge in [0.2, 0.25) is 0 Å². The minimum Gasteiger partial charge on any atom is -0.301 e. The molecule has 2 aromatic rings. The molecule has 0 radical (unpaired) electrons. The van der Waals surface area contributed by atoms with Crippen LogP contribution >= 0.6 is 0 Å². The quantitative estimate of drug-likeness (QED) is 0.759. The van der Waals surface area contributed by atoms with Crippen LogP contribution in [0.25, 0.3) is 0 Å². The van der Waals surface area contributed by atoms with E-state index in [-0.39, 0.29) is 0 Å². The number of nitrogens with zero attached hydrogens (tertiary/aromatic N) is 2. The van der Waals surface area contributed by atoms with E-state index in [1.165, 1.54) is 63.2 Å². The van der Waals surface area contributed by atoms with Crippen LogP contribution in [0.4, 0.5) is 0 Å². The van der Waals surface area contributed by atoms with Crippen LogP contribution < -0.4 is 0 Å². The van der Waals surface area contributed by atoms with Gasteiger partial charge >= 0.3 is 0 Å². The van der Waals surface area contributed by atoms with Crippen molar-refractivity contribution >= 4 is 0 Å². The van der Waals surface area contributed by atoms with Gasteiger partial charge in [0.25, 0.3) is 0 Å². The molecule has 2 nitrogen and oxygen atoms in total. The van der Waals surface area contributed by atoms with Crippen molar-refractivity contribution in [1.82, 2.24) is 9.80 Å². The molecule has 1 unspecified atom stereocenters. The van der Waals surface area contributed by atoms with Crippen molar-refractivity contribution in [2.24, 2.45) is 0 Å². The van der Waals surface area contributed by atoms with Gasteiger partial charge in [0.15, 0.2) is 0 Å². The lowest BCUT2D eigenvalue weighted by atomic mass is 10.0. The van der Waals surface area contributed by atoms with Crippen molar-refractivity contribution in [1.29, 1.82) is 0 Å². The lowest BCUT2D eigenvalue weighted by Gasteiger charge is -2.36. The van der Waals surface area contributed by atoms with Gasteiger partial charge in [0.1, 0.15) is 0 Å². The van der Waals surface area contributed by atoms with E-state index in [4.69, 9.17) is 0 Å². The first-order chi connectivity index (χ1) is 11.8. The Bertz CT molecular complexity index is 573. The number of piperazine rings is 1. The second kappa shape index (κ2) is 9.00.